The molecule has 0 unspecified atom stereocenters. The smallest absolute Gasteiger partial charge is 0.256 e. The summed E-state index contributed by atoms with van der Waals surface area (Å²) in [5, 5.41) is 0. The molecule has 118 valence electrons. The Kier molecular flexibility index (Phi) is 3.79. The second-order valence-electron chi connectivity index (χ2n) is 5.57. The van der Waals surface area contributed by atoms with Gasteiger partial charge in [0.15, 0.2) is 0 Å². The normalized spacial score (nSPS) is 18.0. The number of amides is 1. The molecule has 1 aliphatic heterocycles. The van der Waals surface area contributed by atoms with Gasteiger partial charge in [-0.15, -0.1) is 11.3 Å². The van der Waals surface area contributed by atoms with Crippen molar-refractivity contribution in [3.05, 3.63) is 50.9 Å². The van der Waals surface area contributed by atoms with Gasteiger partial charge in [0.05, 0.1) is 33.3 Å². The number of nitrogens with zero attached hydrogens (tertiary/aromatic N) is 3. The predicted molar refractivity (Wildman–Crippen MR) is 93.6 cm³/mol. The minimum Gasteiger partial charge on any atom is -0.336 e. The van der Waals surface area contributed by atoms with E-state index in [-0.39, 0.29) is 11.9 Å². The highest BCUT2D eigenvalue weighted by atomic mass is 35.5. The topological polar surface area (TPSA) is 38.1 Å². The van der Waals surface area contributed by atoms with Crippen LogP contribution in [0.2, 0.25) is 8.67 Å². The van der Waals surface area contributed by atoms with Crippen LogP contribution in [0.15, 0.2) is 36.7 Å². The van der Waals surface area contributed by atoms with Crippen molar-refractivity contribution < 1.29 is 4.79 Å². The molecule has 1 saturated heterocycles. The molecule has 0 bridgehead atoms. The van der Waals surface area contributed by atoms with E-state index in [2.05, 4.69) is 15.6 Å². The summed E-state index contributed by atoms with van der Waals surface area (Å²) in [5.41, 5.74) is 2.58. The molecular weight excluding hydrogens is 353 g/mol. The molecule has 1 atom stereocenters. The fourth-order valence-corrected chi connectivity index (χ4v) is 4.53. The number of halogens is 2. The van der Waals surface area contributed by atoms with Crippen molar-refractivity contribution in [2.45, 2.75) is 12.5 Å². The molecule has 0 spiro atoms. The van der Waals surface area contributed by atoms with E-state index in [1.54, 1.807) is 6.07 Å². The standard InChI is InChI=1S/C16H13Cl2N3OS/c17-14-7-11(15(18)23-14)16(22)20-6-5-10(8-20)21-9-19-12-3-1-2-4-13(12)21/h1-4,7,9-10H,5-6,8H2/t10-/m1/s1. The van der Waals surface area contributed by atoms with Crippen molar-refractivity contribution in [3.8, 4) is 0 Å². The molecule has 1 aliphatic rings. The first-order valence-corrected chi connectivity index (χ1v) is 8.86. The van der Waals surface area contributed by atoms with Crippen molar-refractivity contribution in [3.63, 3.8) is 0 Å². The van der Waals surface area contributed by atoms with Crippen LogP contribution in [0.1, 0.15) is 22.8 Å². The molecule has 2 aromatic heterocycles. The van der Waals surface area contributed by atoms with Crippen molar-refractivity contribution >= 4 is 51.5 Å². The summed E-state index contributed by atoms with van der Waals surface area (Å²) in [6.07, 6.45) is 2.76. The maximum Gasteiger partial charge on any atom is 0.256 e. The average molecular weight is 366 g/mol. The summed E-state index contributed by atoms with van der Waals surface area (Å²) in [7, 11) is 0. The number of aromatic nitrogens is 2. The van der Waals surface area contributed by atoms with E-state index in [1.165, 1.54) is 11.3 Å². The number of carbonyl (C=O) groups excluding carboxylic acids is 1. The summed E-state index contributed by atoms with van der Waals surface area (Å²) in [6, 6.07) is 9.92. The number of fused-ring (bicyclic) bond motifs is 1. The fraction of sp³-hybridized carbons (Fsp3) is 0.250. The van der Waals surface area contributed by atoms with E-state index in [9.17, 15) is 4.79 Å². The lowest BCUT2D eigenvalue weighted by molar-refractivity contribution is 0.0788. The van der Waals surface area contributed by atoms with E-state index in [0.717, 1.165) is 17.5 Å². The molecule has 0 saturated carbocycles. The minimum atomic E-state index is -0.0509. The van der Waals surface area contributed by atoms with Crippen LogP contribution < -0.4 is 0 Å². The van der Waals surface area contributed by atoms with Crippen molar-refractivity contribution in [2.75, 3.05) is 13.1 Å². The van der Waals surface area contributed by atoms with Crippen LogP contribution in [0.25, 0.3) is 11.0 Å². The van der Waals surface area contributed by atoms with E-state index in [1.807, 2.05) is 29.4 Å². The first-order valence-electron chi connectivity index (χ1n) is 7.29. The molecule has 4 rings (SSSR count). The number of benzene rings is 1. The average Bonchev–Trinajstić information content (AvgIpc) is 3.24. The molecule has 1 amide bonds. The molecule has 23 heavy (non-hydrogen) atoms. The van der Waals surface area contributed by atoms with Gasteiger partial charge in [-0.3, -0.25) is 4.79 Å². The van der Waals surface area contributed by atoms with Crippen LogP contribution in [0.5, 0.6) is 0 Å². The van der Waals surface area contributed by atoms with E-state index in [4.69, 9.17) is 23.2 Å². The Bertz CT molecular complexity index is 888. The van der Waals surface area contributed by atoms with Crippen LogP contribution in [-0.2, 0) is 0 Å². The van der Waals surface area contributed by atoms with Gasteiger partial charge in [-0.25, -0.2) is 4.98 Å². The highest BCUT2D eigenvalue weighted by molar-refractivity contribution is 7.20. The van der Waals surface area contributed by atoms with Crippen LogP contribution >= 0.6 is 34.5 Å². The third kappa shape index (κ3) is 2.63. The number of para-hydroxylation sites is 2. The van der Waals surface area contributed by atoms with Crippen LogP contribution in [-0.4, -0.2) is 33.4 Å². The Balaban J connectivity index is 1.57. The molecule has 1 fully saturated rings. The van der Waals surface area contributed by atoms with Crippen LogP contribution in [0, 0.1) is 0 Å². The summed E-state index contributed by atoms with van der Waals surface area (Å²) >= 11 is 13.3. The molecule has 4 nitrogen and oxygen atoms in total. The third-order valence-electron chi connectivity index (χ3n) is 4.21. The fourth-order valence-electron chi connectivity index (χ4n) is 3.08. The highest BCUT2D eigenvalue weighted by Crippen LogP contribution is 2.34. The monoisotopic (exact) mass is 365 g/mol. The van der Waals surface area contributed by atoms with Crippen molar-refractivity contribution in [2.24, 2.45) is 0 Å². The second kappa shape index (κ2) is 5.82. The molecular formula is C16H13Cl2N3OS. The number of hydrogen-bond acceptors (Lipinski definition) is 3. The lowest BCUT2D eigenvalue weighted by atomic mass is 10.2. The van der Waals surface area contributed by atoms with E-state index < -0.39 is 0 Å². The Labute approximate surface area is 147 Å². The van der Waals surface area contributed by atoms with Crippen molar-refractivity contribution in [1.82, 2.24) is 14.5 Å². The van der Waals surface area contributed by atoms with Gasteiger partial charge >= 0.3 is 0 Å². The van der Waals surface area contributed by atoms with E-state index >= 15 is 0 Å². The minimum absolute atomic E-state index is 0.0509. The number of rotatable bonds is 2. The SMILES string of the molecule is O=C(c1cc(Cl)sc1Cl)N1CC[C@@H](n2cnc3ccccc32)C1. The van der Waals surface area contributed by atoms with Crippen molar-refractivity contribution in [1.29, 1.82) is 0 Å². The second-order valence-corrected chi connectivity index (χ2v) is 7.86. The maximum absolute atomic E-state index is 12.6. The molecule has 1 aromatic carbocycles. The van der Waals surface area contributed by atoms with Crippen LogP contribution in [0.4, 0.5) is 0 Å². The van der Waals surface area contributed by atoms with Gasteiger partial charge in [-0.2, -0.15) is 0 Å². The lowest BCUT2D eigenvalue weighted by Crippen LogP contribution is -2.28. The van der Waals surface area contributed by atoms with Gasteiger partial charge in [-0.1, -0.05) is 35.3 Å². The largest absolute Gasteiger partial charge is 0.336 e. The molecule has 3 aromatic rings. The Morgan fingerprint density at radius 3 is 2.91 bits per heavy atom. The van der Waals surface area contributed by atoms with Gasteiger partial charge in [0, 0.05) is 13.1 Å². The van der Waals surface area contributed by atoms with E-state index in [0.29, 0.717) is 27.3 Å². The Morgan fingerprint density at radius 1 is 1.30 bits per heavy atom. The zero-order valence-corrected chi connectivity index (χ0v) is 14.4. The van der Waals surface area contributed by atoms with Gasteiger partial charge < -0.3 is 9.47 Å². The third-order valence-corrected chi connectivity index (χ3v) is 5.70. The number of imidazole rings is 1. The first-order chi connectivity index (χ1) is 11.1. The summed E-state index contributed by atoms with van der Waals surface area (Å²) in [5.74, 6) is -0.0509. The van der Waals surface area contributed by atoms with Gasteiger partial charge in [-0.05, 0) is 24.6 Å². The Hall–Kier alpha value is -1.56. The van der Waals surface area contributed by atoms with Gasteiger partial charge in [0.1, 0.15) is 4.34 Å². The number of carbonyl (C=O) groups is 1. The number of likely N-dealkylation sites (tertiary alicyclic amines) is 1. The van der Waals surface area contributed by atoms with Gasteiger partial charge in [0.25, 0.3) is 5.91 Å². The summed E-state index contributed by atoms with van der Waals surface area (Å²) in [4.78, 5) is 18.9. The Morgan fingerprint density at radius 2 is 2.13 bits per heavy atom. The predicted octanol–water partition coefficient (Wildman–Crippen LogP) is 4.49. The highest BCUT2D eigenvalue weighted by Gasteiger charge is 2.30. The number of thiophene rings is 1. The first kappa shape index (κ1) is 15.0. The summed E-state index contributed by atoms with van der Waals surface area (Å²) < 4.78 is 3.15. The summed E-state index contributed by atoms with van der Waals surface area (Å²) in [6.45, 7) is 1.36. The zero-order valence-electron chi connectivity index (χ0n) is 12.1. The van der Waals surface area contributed by atoms with Gasteiger partial charge in [0.2, 0.25) is 0 Å². The molecule has 0 radical (unpaired) electrons. The number of hydrogen-bond donors (Lipinski definition) is 0. The zero-order chi connectivity index (χ0) is 16.0. The quantitative estimate of drug-likeness (QED) is 0.670. The molecule has 3 heterocycles. The molecule has 7 heteroatoms. The molecule has 0 N–H and O–H groups in total. The lowest BCUT2D eigenvalue weighted by Gasteiger charge is -2.17. The molecule has 0 aliphatic carbocycles. The van der Waals surface area contributed by atoms with Crippen LogP contribution in [0.3, 0.4) is 0 Å². The maximum atomic E-state index is 12.6.